The Morgan fingerprint density at radius 1 is 0.971 bits per heavy atom. The summed E-state index contributed by atoms with van der Waals surface area (Å²) in [6.45, 7) is 5.59. The van der Waals surface area contributed by atoms with Crippen LogP contribution in [0, 0.1) is 5.92 Å². The Balaban J connectivity index is 1.36. The Bertz CT molecular complexity index is 1020. The highest BCUT2D eigenvalue weighted by Crippen LogP contribution is 2.40. The van der Waals surface area contributed by atoms with Gasteiger partial charge in [-0.05, 0) is 68.2 Å². The van der Waals surface area contributed by atoms with E-state index in [2.05, 4.69) is 32.1 Å². The number of rotatable bonds is 5. The first-order chi connectivity index (χ1) is 16.9. The first kappa shape index (κ1) is 24.0. The van der Waals surface area contributed by atoms with E-state index in [0.717, 1.165) is 37.6 Å². The third kappa shape index (κ3) is 5.27. The lowest BCUT2D eigenvalue weighted by molar-refractivity contribution is -0.137. The number of halogens is 3. The average molecular weight is 487 g/mol. The molecule has 8 heteroatoms. The lowest BCUT2D eigenvalue weighted by Crippen LogP contribution is -2.61. The third-order valence-corrected chi connectivity index (χ3v) is 7.67. The Kier molecular flexibility index (Phi) is 6.91. The van der Waals surface area contributed by atoms with Crippen LogP contribution in [0.4, 0.5) is 24.5 Å². The van der Waals surface area contributed by atoms with Crippen molar-refractivity contribution in [2.45, 2.75) is 37.9 Å². The van der Waals surface area contributed by atoms with E-state index in [9.17, 15) is 18.0 Å². The molecule has 0 saturated carbocycles. The quantitative estimate of drug-likeness (QED) is 0.689. The number of nitrogens with zero attached hydrogens (tertiary/aromatic N) is 3. The smallest absolute Gasteiger partial charge is 0.368 e. The summed E-state index contributed by atoms with van der Waals surface area (Å²) in [5.41, 5.74) is 1.89. The van der Waals surface area contributed by atoms with Crippen molar-refractivity contribution in [1.82, 2.24) is 10.2 Å². The zero-order valence-corrected chi connectivity index (χ0v) is 19.9. The van der Waals surface area contributed by atoms with Gasteiger partial charge in [-0.3, -0.25) is 4.79 Å². The molecule has 3 heterocycles. The maximum Gasteiger partial charge on any atom is 0.416 e. The Labute approximate surface area is 204 Å². The van der Waals surface area contributed by atoms with Crippen LogP contribution >= 0.6 is 0 Å². The molecule has 3 aliphatic heterocycles. The van der Waals surface area contributed by atoms with Crippen LogP contribution in [0.5, 0.6) is 0 Å². The fraction of sp³-hybridized carbons (Fsp3) is 0.519. The van der Waals surface area contributed by atoms with Crippen LogP contribution in [0.25, 0.3) is 0 Å². The molecule has 2 aromatic rings. The Hall–Kier alpha value is -2.74. The van der Waals surface area contributed by atoms with Gasteiger partial charge in [-0.15, -0.1) is 0 Å². The van der Waals surface area contributed by atoms with Crippen LogP contribution in [0.15, 0.2) is 48.5 Å². The van der Waals surface area contributed by atoms with Crippen molar-refractivity contribution < 1.29 is 18.0 Å². The fourth-order valence-electron chi connectivity index (χ4n) is 5.82. The molecule has 2 saturated heterocycles. The van der Waals surface area contributed by atoms with Gasteiger partial charge in [0.05, 0.1) is 17.5 Å². The molecule has 5 nitrogen and oxygen atoms in total. The minimum Gasteiger partial charge on any atom is -0.368 e. The number of amides is 1. The van der Waals surface area contributed by atoms with Gasteiger partial charge in [-0.2, -0.15) is 13.2 Å². The lowest BCUT2D eigenvalue weighted by atomic mass is 9.82. The van der Waals surface area contributed by atoms with E-state index in [0.29, 0.717) is 31.6 Å². The van der Waals surface area contributed by atoms with E-state index in [1.807, 2.05) is 18.2 Å². The first-order valence-corrected chi connectivity index (χ1v) is 12.7. The number of para-hydroxylation sites is 1. The zero-order valence-electron chi connectivity index (χ0n) is 19.9. The number of likely N-dealkylation sites (tertiary alicyclic amines) is 1. The number of piperazine rings is 1. The molecule has 1 N–H and O–H groups in total. The second-order valence-electron chi connectivity index (χ2n) is 9.89. The van der Waals surface area contributed by atoms with Gasteiger partial charge in [0.15, 0.2) is 0 Å². The van der Waals surface area contributed by atoms with Crippen molar-refractivity contribution in [2.75, 3.05) is 55.6 Å². The number of fused-ring (bicyclic) bond motifs is 3. The number of carbonyl (C=O) groups is 1. The molecular formula is C27H33F3N4O. The fourth-order valence-corrected chi connectivity index (χ4v) is 5.82. The van der Waals surface area contributed by atoms with Crippen LogP contribution < -0.4 is 15.1 Å². The molecule has 188 valence electrons. The van der Waals surface area contributed by atoms with Crippen molar-refractivity contribution in [3.8, 4) is 0 Å². The SMILES string of the molecule is O=C(NCCN1CCCCC1)[C@@H]1Cc2cc(C(F)(F)F)ccc2N2CCN(c3ccccc3)C[C@H]12. The van der Waals surface area contributed by atoms with Gasteiger partial charge in [0.2, 0.25) is 5.91 Å². The minimum absolute atomic E-state index is 0.0602. The van der Waals surface area contributed by atoms with Gasteiger partial charge >= 0.3 is 6.18 Å². The summed E-state index contributed by atoms with van der Waals surface area (Å²) in [4.78, 5) is 20.2. The maximum absolute atomic E-state index is 13.4. The number of hydrogen-bond acceptors (Lipinski definition) is 4. The molecule has 3 aliphatic rings. The summed E-state index contributed by atoms with van der Waals surface area (Å²) < 4.78 is 40.3. The van der Waals surface area contributed by atoms with Crippen LogP contribution in [-0.2, 0) is 17.4 Å². The standard InChI is InChI=1S/C27H33F3N4O/c28-27(29,30)21-9-10-24-20(17-21)18-23(26(35)31-11-14-32-12-5-2-6-13-32)25-19-33(15-16-34(24)25)22-7-3-1-4-8-22/h1,3-4,7-10,17,23,25H,2,5-6,11-16,18-19H2,(H,31,35)/t23-,25-/m1/s1. The highest BCUT2D eigenvalue weighted by atomic mass is 19.4. The van der Waals surface area contributed by atoms with E-state index in [1.54, 1.807) is 6.07 Å². The van der Waals surface area contributed by atoms with Gasteiger partial charge in [-0.1, -0.05) is 24.6 Å². The number of piperidine rings is 1. The van der Waals surface area contributed by atoms with Crippen LogP contribution in [0.2, 0.25) is 0 Å². The van der Waals surface area contributed by atoms with Crippen LogP contribution in [0.1, 0.15) is 30.4 Å². The van der Waals surface area contributed by atoms with E-state index in [-0.39, 0.29) is 11.9 Å². The highest BCUT2D eigenvalue weighted by Gasteiger charge is 2.42. The summed E-state index contributed by atoms with van der Waals surface area (Å²) in [6.07, 6.45) is -0.426. The molecule has 0 bridgehead atoms. The Morgan fingerprint density at radius 3 is 2.49 bits per heavy atom. The molecule has 1 amide bonds. The molecule has 2 atom stereocenters. The van der Waals surface area contributed by atoms with E-state index >= 15 is 0 Å². The second-order valence-corrected chi connectivity index (χ2v) is 9.89. The van der Waals surface area contributed by atoms with E-state index in [1.165, 1.54) is 31.4 Å². The van der Waals surface area contributed by atoms with Crippen molar-refractivity contribution in [3.05, 3.63) is 59.7 Å². The van der Waals surface area contributed by atoms with Gasteiger partial charge in [0, 0.05) is 44.1 Å². The number of anilines is 2. The molecule has 0 radical (unpaired) electrons. The zero-order chi connectivity index (χ0) is 24.4. The number of nitrogens with one attached hydrogen (secondary N) is 1. The van der Waals surface area contributed by atoms with Gasteiger partial charge in [-0.25, -0.2) is 0 Å². The van der Waals surface area contributed by atoms with E-state index in [4.69, 9.17) is 0 Å². The molecule has 0 aromatic heterocycles. The van der Waals surface area contributed by atoms with Gasteiger partial charge in [0.1, 0.15) is 0 Å². The topological polar surface area (TPSA) is 38.8 Å². The van der Waals surface area contributed by atoms with Crippen molar-refractivity contribution in [1.29, 1.82) is 0 Å². The molecule has 0 unspecified atom stereocenters. The Morgan fingerprint density at radius 2 is 1.74 bits per heavy atom. The van der Waals surface area contributed by atoms with Crippen LogP contribution in [-0.4, -0.2) is 62.7 Å². The summed E-state index contributed by atoms with van der Waals surface area (Å²) in [5.74, 6) is -0.464. The molecular weight excluding hydrogens is 453 g/mol. The molecule has 5 rings (SSSR count). The first-order valence-electron chi connectivity index (χ1n) is 12.7. The molecule has 0 spiro atoms. The molecule has 2 fully saturated rings. The highest BCUT2D eigenvalue weighted by molar-refractivity contribution is 5.82. The molecule has 2 aromatic carbocycles. The molecule has 0 aliphatic carbocycles. The predicted molar refractivity (Wildman–Crippen MR) is 132 cm³/mol. The van der Waals surface area contributed by atoms with Gasteiger partial charge in [0.25, 0.3) is 0 Å². The largest absolute Gasteiger partial charge is 0.416 e. The predicted octanol–water partition coefficient (Wildman–Crippen LogP) is 4.18. The van der Waals surface area contributed by atoms with Crippen molar-refractivity contribution in [3.63, 3.8) is 0 Å². The minimum atomic E-state index is -4.40. The summed E-state index contributed by atoms with van der Waals surface area (Å²) in [5, 5.41) is 3.11. The van der Waals surface area contributed by atoms with Crippen LogP contribution in [0.3, 0.4) is 0 Å². The number of carbonyl (C=O) groups excluding carboxylic acids is 1. The van der Waals surface area contributed by atoms with Crippen molar-refractivity contribution in [2.24, 2.45) is 5.92 Å². The normalized spacial score (nSPS) is 22.9. The average Bonchev–Trinajstić information content (AvgIpc) is 2.88. The number of alkyl halides is 3. The summed E-state index contributed by atoms with van der Waals surface area (Å²) in [7, 11) is 0. The molecule has 35 heavy (non-hydrogen) atoms. The van der Waals surface area contributed by atoms with Gasteiger partial charge < -0.3 is 20.0 Å². The second kappa shape index (κ2) is 10.1. The van der Waals surface area contributed by atoms with E-state index < -0.39 is 17.7 Å². The number of hydrogen-bond donors (Lipinski definition) is 1. The summed E-state index contributed by atoms with van der Waals surface area (Å²) in [6, 6.07) is 14.0. The maximum atomic E-state index is 13.4. The third-order valence-electron chi connectivity index (χ3n) is 7.67. The lowest BCUT2D eigenvalue weighted by Gasteiger charge is -2.49. The summed E-state index contributed by atoms with van der Waals surface area (Å²) >= 11 is 0. The van der Waals surface area contributed by atoms with Crippen molar-refractivity contribution >= 4 is 17.3 Å². The monoisotopic (exact) mass is 486 g/mol. The number of benzene rings is 2.